The second-order valence-corrected chi connectivity index (χ2v) is 8.28. The van der Waals surface area contributed by atoms with Crippen molar-refractivity contribution in [1.82, 2.24) is 14.8 Å². The molecule has 2 saturated heterocycles. The Kier molecular flexibility index (Phi) is 6.10. The number of benzene rings is 1. The van der Waals surface area contributed by atoms with E-state index in [1.807, 2.05) is 25.1 Å². The summed E-state index contributed by atoms with van der Waals surface area (Å²) in [4.78, 5) is 45.4. The molecule has 3 heterocycles. The highest BCUT2D eigenvalue weighted by Crippen LogP contribution is 2.20. The van der Waals surface area contributed by atoms with Gasteiger partial charge in [0, 0.05) is 43.7 Å². The van der Waals surface area contributed by atoms with Crippen LogP contribution < -0.4 is 5.32 Å². The molecule has 0 saturated carbocycles. The zero-order valence-electron chi connectivity index (χ0n) is 16.8. The van der Waals surface area contributed by atoms with Crippen molar-refractivity contribution in [1.29, 1.82) is 0 Å². The average Bonchev–Trinajstić information content (AvgIpc) is 3.45. The van der Waals surface area contributed by atoms with Crippen LogP contribution in [0, 0.1) is 6.92 Å². The van der Waals surface area contributed by atoms with E-state index >= 15 is 0 Å². The van der Waals surface area contributed by atoms with Crippen molar-refractivity contribution in [2.45, 2.75) is 25.9 Å². The first-order valence-corrected chi connectivity index (χ1v) is 10.9. The number of thiazole rings is 1. The summed E-state index contributed by atoms with van der Waals surface area (Å²) in [7, 11) is 0. The predicted octanol–water partition coefficient (Wildman–Crippen LogP) is 2.17. The number of nitrogens with one attached hydrogen (secondary N) is 1. The fourth-order valence-corrected chi connectivity index (χ4v) is 4.37. The first kappa shape index (κ1) is 20.5. The Hall–Kier alpha value is -2.78. The fourth-order valence-electron chi connectivity index (χ4n) is 3.69. The van der Waals surface area contributed by atoms with Crippen molar-refractivity contribution in [2.75, 3.05) is 38.1 Å². The standard InChI is InChI=1S/C21H24N4O4S/c1-14-5-2-3-6-15(14)18(26)23-21-22-16(13-30-21)19(27)24-8-10-25(11-9-24)20(28)17-7-4-12-29-17/h2-3,5-6,13,17H,4,7-12H2,1H3,(H,22,23,26)/t17-/m0/s1. The van der Waals surface area contributed by atoms with Crippen molar-refractivity contribution in [2.24, 2.45) is 0 Å². The number of rotatable bonds is 4. The van der Waals surface area contributed by atoms with Gasteiger partial charge in [-0.3, -0.25) is 19.7 Å². The summed E-state index contributed by atoms with van der Waals surface area (Å²) in [5, 5.41) is 4.80. The van der Waals surface area contributed by atoms with E-state index < -0.39 is 0 Å². The molecular weight excluding hydrogens is 404 g/mol. The Bertz CT molecular complexity index is 946. The van der Waals surface area contributed by atoms with Gasteiger partial charge in [-0.1, -0.05) is 18.2 Å². The SMILES string of the molecule is Cc1ccccc1C(=O)Nc1nc(C(=O)N2CCN(C(=O)[C@@H]3CCCO3)CC2)cs1. The van der Waals surface area contributed by atoms with E-state index in [4.69, 9.17) is 4.74 Å². The Balaban J connectivity index is 1.33. The van der Waals surface area contributed by atoms with E-state index in [-0.39, 0.29) is 23.8 Å². The number of carbonyl (C=O) groups excluding carboxylic acids is 3. The number of nitrogens with zero attached hydrogens (tertiary/aromatic N) is 3. The second kappa shape index (κ2) is 8.93. The van der Waals surface area contributed by atoms with Crippen LogP contribution in [0.15, 0.2) is 29.6 Å². The monoisotopic (exact) mass is 428 g/mol. The molecular formula is C21H24N4O4S. The van der Waals surface area contributed by atoms with E-state index in [9.17, 15) is 14.4 Å². The number of piperazine rings is 1. The predicted molar refractivity (Wildman–Crippen MR) is 113 cm³/mol. The molecule has 0 radical (unpaired) electrons. The van der Waals surface area contributed by atoms with E-state index in [0.717, 1.165) is 18.4 Å². The Morgan fingerprint density at radius 3 is 2.57 bits per heavy atom. The van der Waals surface area contributed by atoms with Gasteiger partial charge in [0.25, 0.3) is 17.7 Å². The molecule has 1 aromatic heterocycles. The molecule has 1 aromatic carbocycles. The fraction of sp³-hybridized carbons (Fsp3) is 0.429. The van der Waals surface area contributed by atoms with Gasteiger partial charge in [-0.2, -0.15) is 0 Å². The average molecular weight is 429 g/mol. The van der Waals surface area contributed by atoms with Gasteiger partial charge in [0.15, 0.2) is 5.13 Å². The molecule has 2 aliphatic rings. The smallest absolute Gasteiger partial charge is 0.273 e. The first-order chi connectivity index (χ1) is 14.5. The molecule has 0 bridgehead atoms. The number of carbonyl (C=O) groups is 3. The van der Waals surface area contributed by atoms with Gasteiger partial charge in [0.2, 0.25) is 0 Å². The molecule has 4 rings (SSSR count). The minimum Gasteiger partial charge on any atom is -0.368 e. The topological polar surface area (TPSA) is 91.8 Å². The summed E-state index contributed by atoms with van der Waals surface area (Å²) in [5.41, 5.74) is 1.75. The van der Waals surface area contributed by atoms with Crippen LogP contribution in [0.2, 0.25) is 0 Å². The third-order valence-corrected chi connectivity index (χ3v) is 6.17. The lowest BCUT2D eigenvalue weighted by Crippen LogP contribution is -2.52. The zero-order chi connectivity index (χ0) is 21.1. The van der Waals surface area contributed by atoms with Crippen LogP contribution in [0.4, 0.5) is 5.13 Å². The van der Waals surface area contributed by atoms with E-state index in [1.54, 1.807) is 21.2 Å². The number of hydrogen-bond donors (Lipinski definition) is 1. The number of hydrogen-bond acceptors (Lipinski definition) is 6. The lowest BCUT2D eigenvalue weighted by atomic mass is 10.1. The summed E-state index contributed by atoms with van der Waals surface area (Å²) in [6.07, 6.45) is 1.36. The highest BCUT2D eigenvalue weighted by molar-refractivity contribution is 7.14. The number of ether oxygens (including phenoxy) is 1. The molecule has 2 fully saturated rings. The van der Waals surface area contributed by atoms with Gasteiger partial charge >= 0.3 is 0 Å². The maximum atomic E-state index is 12.8. The molecule has 2 aliphatic heterocycles. The molecule has 1 atom stereocenters. The van der Waals surface area contributed by atoms with Crippen molar-refractivity contribution in [3.8, 4) is 0 Å². The number of anilines is 1. The van der Waals surface area contributed by atoms with Gasteiger partial charge in [-0.25, -0.2) is 4.98 Å². The summed E-state index contributed by atoms with van der Waals surface area (Å²) < 4.78 is 5.47. The van der Waals surface area contributed by atoms with Crippen LogP contribution in [0.3, 0.4) is 0 Å². The third-order valence-electron chi connectivity index (χ3n) is 5.42. The van der Waals surface area contributed by atoms with Gasteiger partial charge in [-0.05, 0) is 31.4 Å². The van der Waals surface area contributed by atoms with Crippen molar-refractivity contribution in [3.63, 3.8) is 0 Å². The van der Waals surface area contributed by atoms with Crippen LogP contribution >= 0.6 is 11.3 Å². The summed E-state index contributed by atoms with van der Waals surface area (Å²) in [6.45, 7) is 4.41. The molecule has 8 nitrogen and oxygen atoms in total. The van der Waals surface area contributed by atoms with Crippen molar-refractivity contribution >= 4 is 34.2 Å². The lowest BCUT2D eigenvalue weighted by Gasteiger charge is -2.35. The van der Waals surface area contributed by atoms with Gasteiger partial charge < -0.3 is 14.5 Å². The molecule has 0 spiro atoms. The summed E-state index contributed by atoms with van der Waals surface area (Å²) in [6, 6.07) is 7.30. The molecule has 0 aliphatic carbocycles. The van der Waals surface area contributed by atoms with Crippen molar-refractivity contribution < 1.29 is 19.1 Å². The largest absolute Gasteiger partial charge is 0.368 e. The molecule has 3 amide bonds. The van der Waals surface area contributed by atoms with Crippen LogP contribution in [-0.4, -0.2) is 71.4 Å². The van der Waals surface area contributed by atoms with Gasteiger partial charge in [0.1, 0.15) is 11.8 Å². The second-order valence-electron chi connectivity index (χ2n) is 7.43. The third kappa shape index (κ3) is 4.36. The maximum absolute atomic E-state index is 12.8. The first-order valence-electron chi connectivity index (χ1n) is 10.0. The van der Waals surface area contributed by atoms with E-state index in [2.05, 4.69) is 10.3 Å². The van der Waals surface area contributed by atoms with Gasteiger partial charge in [-0.15, -0.1) is 11.3 Å². The summed E-state index contributed by atoms with van der Waals surface area (Å²) in [5.74, 6) is -0.413. The number of amides is 3. The molecule has 30 heavy (non-hydrogen) atoms. The summed E-state index contributed by atoms with van der Waals surface area (Å²) >= 11 is 1.22. The lowest BCUT2D eigenvalue weighted by molar-refractivity contribution is -0.142. The Morgan fingerprint density at radius 1 is 1.13 bits per heavy atom. The molecule has 158 valence electrons. The minimum atomic E-state index is -0.329. The molecule has 2 aromatic rings. The van der Waals surface area contributed by atoms with Crippen LogP contribution in [-0.2, 0) is 9.53 Å². The van der Waals surface area contributed by atoms with Gasteiger partial charge in [0.05, 0.1) is 0 Å². The number of aryl methyl sites for hydroxylation is 1. The van der Waals surface area contributed by atoms with E-state index in [1.165, 1.54) is 11.3 Å². The zero-order valence-corrected chi connectivity index (χ0v) is 17.6. The molecule has 9 heteroatoms. The van der Waals surface area contributed by atoms with Crippen LogP contribution in [0.1, 0.15) is 39.3 Å². The number of aromatic nitrogens is 1. The molecule has 1 N–H and O–H groups in total. The normalized spacial score (nSPS) is 19.0. The Morgan fingerprint density at radius 2 is 1.87 bits per heavy atom. The minimum absolute atomic E-state index is 0.0226. The van der Waals surface area contributed by atoms with E-state index in [0.29, 0.717) is 49.2 Å². The maximum Gasteiger partial charge on any atom is 0.273 e. The highest BCUT2D eigenvalue weighted by atomic mass is 32.1. The van der Waals surface area contributed by atoms with Crippen molar-refractivity contribution in [3.05, 3.63) is 46.5 Å². The van der Waals surface area contributed by atoms with Crippen LogP contribution in [0.25, 0.3) is 0 Å². The quantitative estimate of drug-likeness (QED) is 0.806. The Labute approximate surface area is 178 Å². The highest BCUT2D eigenvalue weighted by Gasteiger charge is 2.32. The molecule has 0 unspecified atom stereocenters. The van der Waals surface area contributed by atoms with Crippen LogP contribution in [0.5, 0.6) is 0 Å².